The highest BCUT2D eigenvalue weighted by Crippen LogP contribution is 2.32. The quantitative estimate of drug-likeness (QED) is 0.393. The summed E-state index contributed by atoms with van der Waals surface area (Å²) in [6.07, 6.45) is 8.79. The third-order valence-electron chi connectivity index (χ3n) is 7.84. The Kier molecular flexibility index (Phi) is 10.3. The fourth-order valence-corrected chi connectivity index (χ4v) is 5.57. The summed E-state index contributed by atoms with van der Waals surface area (Å²) in [7, 11) is 0. The minimum Gasteiger partial charge on any atom is -0.463 e. The molecule has 0 unspecified atom stereocenters. The van der Waals surface area contributed by atoms with Gasteiger partial charge in [0.15, 0.2) is 0 Å². The molecule has 7 heteroatoms. The van der Waals surface area contributed by atoms with E-state index >= 15 is 0 Å². The summed E-state index contributed by atoms with van der Waals surface area (Å²) in [5.41, 5.74) is 1.46. The number of nitrogens with zero attached hydrogens (tertiary/aromatic N) is 1. The molecule has 1 spiro atoms. The first-order valence-electron chi connectivity index (χ1n) is 14.1. The molecule has 0 saturated heterocycles. The van der Waals surface area contributed by atoms with E-state index in [4.69, 9.17) is 4.74 Å². The van der Waals surface area contributed by atoms with Crippen LogP contribution in [0.2, 0.25) is 0 Å². The van der Waals surface area contributed by atoms with Gasteiger partial charge in [0, 0.05) is 19.5 Å². The Morgan fingerprint density at radius 3 is 2.18 bits per heavy atom. The normalized spacial score (nSPS) is 21.5. The summed E-state index contributed by atoms with van der Waals surface area (Å²) in [5.74, 6) is -1.45. The summed E-state index contributed by atoms with van der Waals surface area (Å²) in [5, 5.41) is 12.8. The van der Waals surface area contributed by atoms with Crippen LogP contribution < -0.4 is 5.32 Å². The molecular weight excluding hydrogens is 492 g/mol. The predicted molar refractivity (Wildman–Crippen MR) is 149 cm³/mol. The van der Waals surface area contributed by atoms with Crippen molar-refractivity contribution in [1.82, 2.24) is 10.2 Å². The van der Waals surface area contributed by atoms with Gasteiger partial charge in [-0.05, 0) is 43.2 Å². The van der Waals surface area contributed by atoms with Crippen molar-refractivity contribution in [2.24, 2.45) is 11.8 Å². The Bertz CT molecular complexity index is 1110. The van der Waals surface area contributed by atoms with E-state index in [-0.39, 0.29) is 49.9 Å². The van der Waals surface area contributed by atoms with Crippen molar-refractivity contribution in [3.05, 3.63) is 83.9 Å². The number of aliphatic hydroxyl groups is 1. The molecule has 2 aliphatic rings. The second-order valence-electron chi connectivity index (χ2n) is 10.8. The molecule has 4 rings (SSSR count). The minimum absolute atomic E-state index is 0.0479. The van der Waals surface area contributed by atoms with Crippen LogP contribution in [0.3, 0.4) is 0 Å². The number of carbonyl (C=O) groups excluding carboxylic acids is 3. The number of ether oxygens (including phenoxy) is 1. The number of hydrogen-bond donors (Lipinski definition) is 2. The molecule has 0 radical (unpaired) electrons. The van der Waals surface area contributed by atoms with Crippen LogP contribution >= 0.6 is 0 Å². The fourth-order valence-electron chi connectivity index (χ4n) is 5.57. The van der Waals surface area contributed by atoms with Gasteiger partial charge in [0.2, 0.25) is 11.8 Å². The lowest BCUT2D eigenvalue weighted by molar-refractivity contribution is -0.152. The number of benzene rings is 2. The van der Waals surface area contributed by atoms with Crippen molar-refractivity contribution in [2.45, 2.75) is 63.5 Å². The Labute approximate surface area is 231 Å². The number of amides is 2. The zero-order valence-electron chi connectivity index (χ0n) is 22.6. The SMILES string of the molecule is O=C1NC2(CCCC2)COC(=O)[C@@H](Cc2ccccc2)CC=CC[C@@H]1CC(=O)N(CCO)Cc1ccccc1. The molecule has 39 heavy (non-hydrogen) atoms. The van der Waals surface area contributed by atoms with Gasteiger partial charge in [-0.25, -0.2) is 0 Å². The van der Waals surface area contributed by atoms with Crippen molar-refractivity contribution in [3.63, 3.8) is 0 Å². The largest absolute Gasteiger partial charge is 0.463 e. The Morgan fingerprint density at radius 2 is 1.54 bits per heavy atom. The van der Waals surface area contributed by atoms with Crippen LogP contribution in [-0.2, 0) is 32.1 Å². The lowest BCUT2D eigenvalue weighted by atomic mass is 9.92. The highest BCUT2D eigenvalue weighted by Gasteiger charge is 2.39. The van der Waals surface area contributed by atoms with Crippen LogP contribution in [0.15, 0.2) is 72.8 Å². The zero-order valence-corrected chi connectivity index (χ0v) is 22.6. The number of aliphatic hydroxyl groups excluding tert-OH is 1. The van der Waals surface area contributed by atoms with E-state index < -0.39 is 11.5 Å². The molecule has 1 saturated carbocycles. The summed E-state index contributed by atoms with van der Waals surface area (Å²) in [4.78, 5) is 41.7. The first kappa shape index (κ1) is 28.6. The average molecular weight is 533 g/mol. The smallest absolute Gasteiger partial charge is 0.309 e. The molecule has 1 fully saturated rings. The first-order chi connectivity index (χ1) is 19.0. The van der Waals surface area contributed by atoms with E-state index in [9.17, 15) is 19.5 Å². The van der Waals surface area contributed by atoms with Crippen molar-refractivity contribution >= 4 is 17.8 Å². The zero-order chi connectivity index (χ0) is 27.5. The van der Waals surface area contributed by atoms with Gasteiger partial charge in [-0.2, -0.15) is 0 Å². The predicted octanol–water partition coefficient (Wildman–Crippen LogP) is 4.19. The van der Waals surface area contributed by atoms with Gasteiger partial charge < -0.3 is 20.1 Å². The summed E-state index contributed by atoms with van der Waals surface area (Å²) in [6, 6.07) is 19.6. The molecule has 2 N–H and O–H groups in total. The van der Waals surface area contributed by atoms with Crippen LogP contribution in [0.25, 0.3) is 0 Å². The molecule has 2 aromatic rings. The van der Waals surface area contributed by atoms with Gasteiger partial charge in [-0.15, -0.1) is 0 Å². The van der Waals surface area contributed by atoms with E-state index in [1.54, 1.807) is 4.90 Å². The van der Waals surface area contributed by atoms with Crippen LogP contribution in [0.1, 0.15) is 56.1 Å². The van der Waals surface area contributed by atoms with Gasteiger partial charge in [-0.1, -0.05) is 85.7 Å². The average Bonchev–Trinajstić information content (AvgIpc) is 3.41. The molecule has 0 aromatic heterocycles. The molecule has 2 amide bonds. The standard InChI is InChI=1S/C32H40N2O5/c35-20-19-34(23-26-13-5-2-6-14-26)29(36)22-27-15-7-8-16-28(21-25-11-3-1-4-12-25)31(38)39-24-32(33-30(27)37)17-9-10-18-32/h1-8,11-14,27-28,35H,9-10,15-24H2,(H,33,37)/t27-,28-/m1/s1. The highest BCUT2D eigenvalue weighted by molar-refractivity contribution is 5.86. The molecular formula is C32H40N2O5. The van der Waals surface area contributed by atoms with Crippen molar-refractivity contribution in [2.75, 3.05) is 19.8 Å². The molecule has 0 bridgehead atoms. The van der Waals surface area contributed by atoms with Gasteiger partial charge in [0.25, 0.3) is 0 Å². The van der Waals surface area contributed by atoms with Crippen LogP contribution in [-0.4, -0.2) is 53.1 Å². The van der Waals surface area contributed by atoms with Gasteiger partial charge in [-0.3, -0.25) is 14.4 Å². The molecule has 2 atom stereocenters. The van der Waals surface area contributed by atoms with Crippen molar-refractivity contribution < 1.29 is 24.2 Å². The van der Waals surface area contributed by atoms with Crippen molar-refractivity contribution in [1.29, 1.82) is 0 Å². The summed E-state index contributed by atoms with van der Waals surface area (Å²) < 4.78 is 5.85. The molecule has 1 heterocycles. The maximum atomic E-state index is 13.5. The maximum absolute atomic E-state index is 13.5. The van der Waals surface area contributed by atoms with E-state index in [0.29, 0.717) is 25.8 Å². The minimum atomic E-state index is -0.594. The Morgan fingerprint density at radius 1 is 0.923 bits per heavy atom. The van der Waals surface area contributed by atoms with E-state index in [0.717, 1.165) is 36.8 Å². The van der Waals surface area contributed by atoms with Crippen LogP contribution in [0.4, 0.5) is 0 Å². The number of hydrogen-bond acceptors (Lipinski definition) is 5. The number of allylic oxidation sites excluding steroid dienone is 2. The Hall–Kier alpha value is -3.45. The second kappa shape index (κ2) is 14.1. The maximum Gasteiger partial charge on any atom is 0.309 e. The number of nitrogens with one attached hydrogen (secondary N) is 1. The van der Waals surface area contributed by atoms with E-state index in [2.05, 4.69) is 5.32 Å². The molecule has 208 valence electrons. The number of carbonyl (C=O) groups is 3. The van der Waals surface area contributed by atoms with E-state index in [1.165, 1.54) is 0 Å². The van der Waals surface area contributed by atoms with Gasteiger partial charge in [0.05, 0.1) is 24.0 Å². The molecule has 2 aromatic carbocycles. The number of esters is 1. The van der Waals surface area contributed by atoms with Gasteiger partial charge in [0.1, 0.15) is 6.61 Å². The molecule has 1 aliphatic carbocycles. The summed E-state index contributed by atoms with van der Waals surface area (Å²) >= 11 is 0. The number of cyclic esters (lactones) is 1. The van der Waals surface area contributed by atoms with Gasteiger partial charge >= 0.3 is 5.97 Å². The highest BCUT2D eigenvalue weighted by atomic mass is 16.5. The third kappa shape index (κ3) is 8.27. The van der Waals surface area contributed by atoms with E-state index in [1.807, 2.05) is 72.8 Å². The third-order valence-corrected chi connectivity index (χ3v) is 7.84. The van der Waals surface area contributed by atoms with Crippen LogP contribution in [0.5, 0.6) is 0 Å². The Balaban J connectivity index is 1.51. The second-order valence-corrected chi connectivity index (χ2v) is 10.8. The number of rotatable bonds is 8. The molecule has 1 aliphatic heterocycles. The monoisotopic (exact) mass is 532 g/mol. The topological polar surface area (TPSA) is 95.9 Å². The first-order valence-corrected chi connectivity index (χ1v) is 14.1. The van der Waals surface area contributed by atoms with Crippen molar-refractivity contribution in [3.8, 4) is 0 Å². The fraction of sp³-hybridized carbons (Fsp3) is 0.469. The lowest BCUT2D eigenvalue weighted by Crippen LogP contribution is -2.53. The lowest BCUT2D eigenvalue weighted by Gasteiger charge is -2.33. The summed E-state index contributed by atoms with van der Waals surface area (Å²) in [6.45, 7) is 0.592. The molecule has 7 nitrogen and oxygen atoms in total. The van der Waals surface area contributed by atoms with Crippen LogP contribution in [0, 0.1) is 11.8 Å².